The van der Waals surface area contributed by atoms with Crippen molar-refractivity contribution in [1.29, 1.82) is 0 Å². The number of rotatable bonds is 0. The second-order valence-corrected chi connectivity index (χ2v) is 1.88. The average Bonchev–Trinajstić information content (AvgIpc) is 1.76. The summed E-state index contributed by atoms with van der Waals surface area (Å²) in [6.45, 7) is 0. The van der Waals surface area contributed by atoms with E-state index in [9.17, 15) is 0 Å². The first-order valence-corrected chi connectivity index (χ1v) is 2.73. The fraction of sp³-hybridized carbons (Fsp3) is 0. The molecule has 0 aliphatic rings. The maximum atomic E-state index is 2.15. The SMILES string of the molecule is [U].c1cc[pH]c1. The maximum Gasteiger partial charge on any atom is 0 e. The summed E-state index contributed by atoms with van der Waals surface area (Å²) in [5, 5.41) is 0. The number of hydrogen-bond acceptors (Lipinski definition) is 0. The van der Waals surface area contributed by atoms with Crippen molar-refractivity contribution in [2.75, 3.05) is 0 Å². The number of hydrogen-bond donors (Lipinski definition) is 0. The summed E-state index contributed by atoms with van der Waals surface area (Å²) in [6.07, 6.45) is 0. The Balaban J connectivity index is 0.000000250. The predicted octanol–water partition coefficient (Wildman–Crippen LogP) is 1.72. The Bertz CT molecular complexity index is 64.0. The molecule has 0 aromatic carbocycles. The molecule has 0 unspecified atom stereocenters. The van der Waals surface area contributed by atoms with E-state index in [2.05, 4.69) is 23.7 Å². The maximum absolute atomic E-state index is 2.15. The Kier molecular flexibility index (Phi) is 4.56. The molecule has 0 aliphatic heterocycles. The Morgan fingerprint density at radius 1 is 1.00 bits per heavy atom. The first-order chi connectivity index (χ1) is 2.50. The van der Waals surface area contributed by atoms with E-state index >= 15 is 0 Å². The van der Waals surface area contributed by atoms with Gasteiger partial charge in [-0.25, -0.2) is 0 Å². The van der Waals surface area contributed by atoms with Gasteiger partial charge in [0.25, 0.3) is 0 Å². The minimum absolute atomic E-state index is 0. The molecule has 1 heterocycles. The zero-order valence-corrected chi connectivity index (χ0v) is 8.47. The summed E-state index contributed by atoms with van der Waals surface area (Å²) in [5.74, 6) is 4.31. The third kappa shape index (κ3) is 2.09. The monoisotopic (exact) mass is 322 g/mol. The van der Waals surface area contributed by atoms with Crippen molar-refractivity contribution in [2.45, 2.75) is 0 Å². The zero-order chi connectivity index (χ0) is 3.54. The molecule has 1 aromatic rings. The normalized spacial score (nSPS) is 6.67. The van der Waals surface area contributed by atoms with E-state index < -0.39 is 0 Å². The van der Waals surface area contributed by atoms with Gasteiger partial charge in [0.2, 0.25) is 0 Å². The second kappa shape index (κ2) is 4.00. The van der Waals surface area contributed by atoms with Gasteiger partial charge >= 0.3 is 0 Å². The van der Waals surface area contributed by atoms with E-state index in [-0.39, 0.29) is 31.1 Å². The van der Waals surface area contributed by atoms with Crippen molar-refractivity contribution in [3.8, 4) is 0 Å². The molecule has 0 radical (unpaired) electrons. The predicted molar refractivity (Wildman–Crippen MR) is 25.9 cm³/mol. The van der Waals surface area contributed by atoms with Crippen molar-refractivity contribution < 1.29 is 31.1 Å². The van der Waals surface area contributed by atoms with Crippen LogP contribution in [0.3, 0.4) is 0 Å². The molecule has 0 bridgehead atoms. The van der Waals surface area contributed by atoms with Crippen LogP contribution in [0.25, 0.3) is 0 Å². The zero-order valence-electron chi connectivity index (χ0n) is 3.31. The third-order valence-corrected chi connectivity index (χ3v) is 1.27. The molecule has 2 heteroatoms. The van der Waals surface area contributed by atoms with Crippen molar-refractivity contribution in [2.24, 2.45) is 0 Å². The topological polar surface area (TPSA) is 0 Å². The summed E-state index contributed by atoms with van der Waals surface area (Å²) >= 11 is 0. The van der Waals surface area contributed by atoms with Crippen LogP contribution < -0.4 is 0 Å². The fourth-order valence-electron chi connectivity index (χ4n) is 0.278. The second-order valence-electron chi connectivity index (χ2n) is 0.885. The van der Waals surface area contributed by atoms with Gasteiger partial charge in [0.15, 0.2) is 0 Å². The van der Waals surface area contributed by atoms with Crippen LogP contribution in [0.2, 0.25) is 0 Å². The van der Waals surface area contributed by atoms with Crippen molar-refractivity contribution in [3.05, 3.63) is 23.7 Å². The van der Waals surface area contributed by atoms with Crippen LogP contribution >= 0.6 is 8.19 Å². The van der Waals surface area contributed by atoms with E-state index in [1.165, 1.54) is 0 Å². The molecular formula is C4H5PU. The summed E-state index contributed by atoms with van der Waals surface area (Å²) in [7, 11) is 0.948. The van der Waals surface area contributed by atoms with Crippen LogP contribution in [-0.2, 0) is 0 Å². The van der Waals surface area contributed by atoms with Crippen molar-refractivity contribution in [3.63, 3.8) is 0 Å². The summed E-state index contributed by atoms with van der Waals surface area (Å²) in [4.78, 5) is 0. The van der Waals surface area contributed by atoms with Gasteiger partial charge in [-0.3, -0.25) is 0 Å². The van der Waals surface area contributed by atoms with Gasteiger partial charge in [-0.15, -0.1) is 8.19 Å². The summed E-state index contributed by atoms with van der Waals surface area (Å²) in [6, 6.07) is 4.14. The molecule has 0 saturated carbocycles. The van der Waals surface area contributed by atoms with Gasteiger partial charge in [0.05, 0.1) is 0 Å². The van der Waals surface area contributed by atoms with Gasteiger partial charge < -0.3 is 0 Å². The molecule has 0 N–H and O–H groups in total. The molecule has 0 atom stereocenters. The van der Waals surface area contributed by atoms with Crippen LogP contribution in [0.4, 0.5) is 0 Å². The van der Waals surface area contributed by atoms with E-state index in [4.69, 9.17) is 0 Å². The molecule has 1 aromatic heterocycles. The van der Waals surface area contributed by atoms with Gasteiger partial charge in [-0.2, -0.15) is 0 Å². The molecule has 0 spiro atoms. The van der Waals surface area contributed by atoms with E-state index in [1.54, 1.807) is 0 Å². The Morgan fingerprint density at radius 2 is 1.50 bits per heavy atom. The largest absolute Gasteiger partial charge is 0.140 e. The molecule has 0 nitrogen and oxygen atoms in total. The standard InChI is InChI=1S/C4H5P.U/c1-2-4-5-3-1;/h1-5H;. The molecule has 6 heavy (non-hydrogen) atoms. The quantitative estimate of drug-likeness (QED) is 0.682. The Morgan fingerprint density at radius 3 is 1.67 bits per heavy atom. The van der Waals surface area contributed by atoms with Crippen LogP contribution in [0.1, 0.15) is 0 Å². The molecule has 0 aliphatic carbocycles. The molecule has 0 saturated heterocycles. The smallest absolute Gasteiger partial charge is 0 e. The van der Waals surface area contributed by atoms with E-state index in [0.29, 0.717) is 0 Å². The molecule has 30 valence electrons. The van der Waals surface area contributed by atoms with Crippen LogP contribution in [0, 0.1) is 31.1 Å². The first kappa shape index (κ1) is 6.83. The van der Waals surface area contributed by atoms with Gasteiger partial charge in [0, 0.05) is 31.1 Å². The average molecular weight is 322 g/mol. The van der Waals surface area contributed by atoms with Crippen molar-refractivity contribution in [1.82, 2.24) is 0 Å². The summed E-state index contributed by atoms with van der Waals surface area (Å²) in [5.41, 5.74) is 0. The van der Waals surface area contributed by atoms with Gasteiger partial charge in [-0.05, 0) is 11.6 Å². The van der Waals surface area contributed by atoms with E-state index in [0.717, 1.165) is 8.19 Å². The van der Waals surface area contributed by atoms with Crippen LogP contribution in [0.5, 0.6) is 0 Å². The Labute approximate surface area is 62.8 Å². The molecule has 1 rings (SSSR count). The van der Waals surface area contributed by atoms with Gasteiger partial charge in [0.1, 0.15) is 0 Å². The van der Waals surface area contributed by atoms with Gasteiger partial charge in [-0.1, -0.05) is 12.1 Å². The minimum Gasteiger partial charge on any atom is -0.140 e. The molecule has 0 fully saturated rings. The third-order valence-electron chi connectivity index (χ3n) is 0.496. The van der Waals surface area contributed by atoms with Crippen LogP contribution in [-0.4, -0.2) is 0 Å². The molecule has 0 amide bonds. The fourth-order valence-corrected chi connectivity index (χ4v) is 0.833. The van der Waals surface area contributed by atoms with E-state index in [1.807, 2.05) is 0 Å². The van der Waals surface area contributed by atoms with Crippen molar-refractivity contribution >= 4 is 8.19 Å². The Hall–Kier alpha value is 0.832. The minimum atomic E-state index is 0. The molecular weight excluding hydrogens is 317 g/mol. The first-order valence-electron chi connectivity index (χ1n) is 1.58. The summed E-state index contributed by atoms with van der Waals surface area (Å²) < 4.78 is 0. The van der Waals surface area contributed by atoms with Crippen LogP contribution in [0.15, 0.2) is 23.7 Å².